The highest BCUT2D eigenvalue weighted by molar-refractivity contribution is 9.10. The minimum atomic E-state index is -3.78. The quantitative estimate of drug-likeness (QED) is 0.383. The fourth-order valence-corrected chi connectivity index (χ4v) is 6.03. The summed E-state index contributed by atoms with van der Waals surface area (Å²) >= 11 is 3.28. The maximum atomic E-state index is 13.1. The lowest BCUT2D eigenvalue weighted by molar-refractivity contribution is 0.202. The second-order valence-corrected chi connectivity index (χ2v) is 11.5. The van der Waals surface area contributed by atoms with Crippen LogP contribution < -0.4 is 18.9 Å². The molecule has 2 unspecified atom stereocenters. The molecule has 2 fully saturated rings. The van der Waals surface area contributed by atoms with Crippen LogP contribution in [0.2, 0.25) is 0 Å². The Balaban J connectivity index is 1.25. The number of ether oxygens (including phenoxy) is 3. The number of hydrogen-bond donors (Lipinski definition) is 1. The predicted molar refractivity (Wildman–Crippen MR) is 133 cm³/mol. The Bertz CT molecular complexity index is 1380. The summed E-state index contributed by atoms with van der Waals surface area (Å²) in [4.78, 5) is 16.7. The number of hydrogen-bond acceptors (Lipinski definition) is 9. The van der Waals surface area contributed by atoms with Gasteiger partial charge in [0, 0.05) is 31.9 Å². The van der Waals surface area contributed by atoms with Crippen LogP contribution in [0.5, 0.6) is 17.6 Å². The van der Waals surface area contributed by atoms with E-state index in [2.05, 4.69) is 40.6 Å². The van der Waals surface area contributed by atoms with Crippen molar-refractivity contribution in [1.29, 1.82) is 0 Å². The number of rotatable bonds is 9. The van der Waals surface area contributed by atoms with Crippen molar-refractivity contribution >= 4 is 32.0 Å². The highest BCUT2D eigenvalue weighted by Gasteiger charge is 2.49. The van der Waals surface area contributed by atoms with Gasteiger partial charge in [-0.05, 0) is 51.4 Å². The molecule has 0 bridgehead atoms. The van der Waals surface area contributed by atoms with Crippen molar-refractivity contribution in [3.05, 3.63) is 47.0 Å². The van der Waals surface area contributed by atoms with Crippen LogP contribution >= 0.6 is 15.9 Å². The molecule has 0 radical (unpaired) electrons. The zero-order chi connectivity index (χ0) is 24.7. The van der Waals surface area contributed by atoms with E-state index in [0.29, 0.717) is 42.7 Å². The second-order valence-electron chi connectivity index (χ2n) is 8.88. The molecule has 0 spiro atoms. The Morgan fingerprint density at radius 3 is 2.67 bits per heavy atom. The monoisotopic (exact) mass is 574 g/mol. The molecule has 1 aromatic carbocycles. The minimum absolute atomic E-state index is 0.132. The summed E-state index contributed by atoms with van der Waals surface area (Å²) in [6.45, 7) is 1.97. The van der Waals surface area contributed by atoms with Gasteiger partial charge >= 0.3 is 16.2 Å². The lowest BCUT2D eigenvalue weighted by Gasteiger charge is -2.20. The largest absolute Gasteiger partial charge is 0.493 e. The Kier molecular flexibility index (Phi) is 6.13. The van der Waals surface area contributed by atoms with Crippen LogP contribution in [-0.4, -0.2) is 65.6 Å². The van der Waals surface area contributed by atoms with Crippen molar-refractivity contribution in [2.45, 2.75) is 12.8 Å². The number of anilines is 1. The molecule has 1 N–H and O–H groups in total. The molecular weight excluding hydrogens is 552 g/mol. The summed E-state index contributed by atoms with van der Waals surface area (Å²) in [5, 5.41) is 0. The van der Waals surface area contributed by atoms with Crippen LogP contribution in [0.3, 0.4) is 0 Å². The molecule has 2 atom stereocenters. The normalized spacial score (nSPS) is 20.4. The van der Waals surface area contributed by atoms with E-state index in [9.17, 15) is 8.42 Å². The fourth-order valence-electron chi connectivity index (χ4n) is 4.52. The molecular formula is C23H23BrN6O5S. The van der Waals surface area contributed by atoms with Crippen molar-refractivity contribution in [2.24, 2.45) is 11.8 Å². The number of fused-ring (bicyclic) bond motifs is 2. The summed E-state index contributed by atoms with van der Waals surface area (Å²) < 4.78 is 48.4. The number of benzene rings is 1. The van der Waals surface area contributed by atoms with E-state index in [1.165, 1.54) is 10.6 Å². The summed E-state index contributed by atoms with van der Waals surface area (Å²) in [7, 11) is -3.78. The van der Waals surface area contributed by atoms with Crippen LogP contribution in [-0.2, 0) is 16.6 Å². The van der Waals surface area contributed by atoms with Crippen LogP contribution in [0.25, 0.3) is 11.1 Å². The van der Waals surface area contributed by atoms with Gasteiger partial charge in [0.2, 0.25) is 5.88 Å². The average molecular weight is 575 g/mol. The summed E-state index contributed by atoms with van der Waals surface area (Å²) in [5.41, 5.74) is 2.22. The van der Waals surface area contributed by atoms with Crippen molar-refractivity contribution in [3.8, 4) is 28.8 Å². The Labute approximate surface area is 216 Å². The van der Waals surface area contributed by atoms with Gasteiger partial charge in [0.15, 0.2) is 5.82 Å². The van der Waals surface area contributed by atoms with Crippen LogP contribution in [0.1, 0.15) is 12.0 Å². The first kappa shape index (κ1) is 23.4. The van der Waals surface area contributed by atoms with Crippen molar-refractivity contribution in [1.82, 2.24) is 24.2 Å². The third-order valence-electron chi connectivity index (χ3n) is 6.46. The molecule has 4 heterocycles. The van der Waals surface area contributed by atoms with Crippen LogP contribution in [0.15, 0.2) is 41.4 Å². The maximum Gasteiger partial charge on any atom is 0.316 e. The van der Waals surface area contributed by atoms with Crippen molar-refractivity contribution < 1.29 is 22.6 Å². The third-order valence-corrected chi connectivity index (χ3v) is 8.30. The molecule has 3 aromatic rings. The first-order chi connectivity index (χ1) is 17.5. The number of halogens is 1. The van der Waals surface area contributed by atoms with E-state index in [1.807, 2.05) is 18.2 Å². The van der Waals surface area contributed by atoms with Crippen LogP contribution in [0, 0.1) is 11.8 Å². The maximum absolute atomic E-state index is 13.1. The molecule has 2 aliphatic heterocycles. The highest BCUT2D eigenvalue weighted by atomic mass is 79.9. The van der Waals surface area contributed by atoms with E-state index in [4.69, 9.17) is 14.2 Å². The van der Waals surface area contributed by atoms with Gasteiger partial charge in [-0.2, -0.15) is 12.7 Å². The van der Waals surface area contributed by atoms with E-state index < -0.39 is 10.2 Å². The van der Waals surface area contributed by atoms with E-state index >= 15 is 0 Å². The Hall–Kier alpha value is -3.03. The summed E-state index contributed by atoms with van der Waals surface area (Å²) in [6, 6.07) is 5.95. The lowest BCUT2D eigenvalue weighted by atomic mass is 10.0. The van der Waals surface area contributed by atoms with E-state index in [-0.39, 0.29) is 30.9 Å². The van der Waals surface area contributed by atoms with Gasteiger partial charge < -0.3 is 14.2 Å². The molecule has 188 valence electrons. The predicted octanol–water partition coefficient (Wildman–Crippen LogP) is 2.70. The molecule has 3 aliphatic rings. The minimum Gasteiger partial charge on any atom is -0.493 e. The van der Waals surface area contributed by atoms with Gasteiger partial charge in [-0.1, -0.05) is 12.1 Å². The molecule has 11 nitrogen and oxygen atoms in total. The topological polar surface area (TPSA) is 129 Å². The van der Waals surface area contributed by atoms with Gasteiger partial charge in [0.1, 0.15) is 25.3 Å². The SMILES string of the molecule is O=S(=O)(Nc1ncnc(OCCOc2ncc(Br)cn2)c1-c1ccc2c(c1)OCC2)N1CC2CC2C1. The standard InChI is InChI=1S/C23H23BrN6O5S/c24-18-9-25-23(26-10-18)35-6-5-34-22-20(15-2-1-14-3-4-33-19(14)8-15)21(27-13-28-22)29-36(31,32)30-11-16-7-17(16)12-30/h1-2,8-10,13,16-17H,3-7,11-12H2,(H,27,28,29). The molecule has 13 heteroatoms. The zero-order valence-corrected chi connectivity index (χ0v) is 21.5. The number of aromatic nitrogens is 4. The zero-order valence-electron chi connectivity index (χ0n) is 19.1. The molecule has 2 aromatic heterocycles. The Morgan fingerprint density at radius 1 is 1.08 bits per heavy atom. The molecule has 1 aliphatic carbocycles. The molecule has 1 saturated carbocycles. The van der Waals surface area contributed by atoms with Crippen LogP contribution in [0.4, 0.5) is 5.82 Å². The van der Waals surface area contributed by atoms with E-state index in [1.54, 1.807) is 12.4 Å². The van der Waals surface area contributed by atoms with Gasteiger partial charge in [0.05, 0.1) is 16.6 Å². The van der Waals surface area contributed by atoms with E-state index in [0.717, 1.165) is 28.6 Å². The molecule has 6 rings (SSSR count). The van der Waals surface area contributed by atoms with Gasteiger partial charge in [-0.25, -0.2) is 19.9 Å². The summed E-state index contributed by atoms with van der Waals surface area (Å²) in [6.07, 6.45) is 6.39. The molecule has 0 amide bonds. The molecule has 1 saturated heterocycles. The number of nitrogens with zero attached hydrogens (tertiary/aromatic N) is 5. The second kappa shape index (κ2) is 9.45. The fraction of sp³-hybridized carbons (Fsp3) is 0.391. The lowest BCUT2D eigenvalue weighted by Crippen LogP contribution is -2.35. The highest BCUT2D eigenvalue weighted by Crippen LogP contribution is 2.46. The first-order valence-electron chi connectivity index (χ1n) is 11.6. The van der Waals surface area contributed by atoms with Gasteiger partial charge in [-0.15, -0.1) is 0 Å². The van der Waals surface area contributed by atoms with Crippen molar-refractivity contribution in [2.75, 3.05) is 37.6 Å². The molecule has 36 heavy (non-hydrogen) atoms. The first-order valence-corrected chi connectivity index (χ1v) is 13.8. The third kappa shape index (κ3) is 4.82. The average Bonchev–Trinajstić information content (AvgIpc) is 3.24. The summed E-state index contributed by atoms with van der Waals surface area (Å²) in [5.74, 6) is 2.06. The Morgan fingerprint density at radius 2 is 1.86 bits per heavy atom. The number of piperidine rings is 1. The smallest absolute Gasteiger partial charge is 0.316 e. The van der Waals surface area contributed by atoms with Crippen molar-refractivity contribution in [3.63, 3.8) is 0 Å². The van der Waals surface area contributed by atoms with Gasteiger partial charge in [-0.3, -0.25) is 4.72 Å². The van der Waals surface area contributed by atoms with Gasteiger partial charge in [0.25, 0.3) is 0 Å². The number of nitrogens with one attached hydrogen (secondary N) is 1.